The number of nitrogens with zero attached hydrogens (tertiary/aromatic N) is 3. The molecule has 2 aromatic rings. The fourth-order valence-corrected chi connectivity index (χ4v) is 3.11. The number of thiazole rings is 2. The van der Waals surface area contributed by atoms with Gasteiger partial charge >= 0.3 is 0 Å². The van der Waals surface area contributed by atoms with Gasteiger partial charge in [0.2, 0.25) is 0 Å². The van der Waals surface area contributed by atoms with Crippen LogP contribution in [0.15, 0.2) is 27.1 Å². The minimum absolute atomic E-state index is 0. The van der Waals surface area contributed by atoms with Crippen LogP contribution in [0.5, 0.6) is 0 Å². The topological polar surface area (TPSA) is 41.1 Å². The van der Waals surface area contributed by atoms with Gasteiger partial charge in [-0.15, -0.1) is 47.5 Å². The van der Waals surface area contributed by atoms with Crippen LogP contribution in [-0.2, 0) is 0 Å². The second-order valence-corrected chi connectivity index (χ2v) is 6.73. The highest BCUT2D eigenvalue weighted by molar-refractivity contribution is 9.11. The Morgan fingerprint density at radius 3 is 2.35 bits per heavy atom. The summed E-state index contributed by atoms with van der Waals surface area (Å²) in [4.78, 5) is 10.5. The molecule has 9 heteroatoms. The third-order valence-electron chi connectivity index (χ3n) is 2.43. The van der Waals surface area contributed by atoms with Gasteiger partial charge in [-0.05, 0) is 28.9 Å². The number of nitrogens with one attached hydrogen (secondary N) is 1. The van der Waals surface area contributed by atoms with Gasteiger partial charge in [0.05, 0.1) is 0 Å². The number of rotatable bonds is 1. The number of halogens is 3. The first kappa shape index (κ1) is 20.1. The maximum absolute atomic E-state index is 4.30. The Labute approximate surface area is 148 Å². The second kappa shape index (κ2) is 11.7. The van der Waals surface area contributed by atoms with Crippen molar-refractivity contribution in [1.82, 2.24) is 15.3 Å². The van der Waals surface area contributed by atoms with Gasteiger partial charge in [-0.3, -0.25) is 0 Å². The summed E-state index contributed by atoms with van der Waals surface area (Å²) in [7, 11) is 0. The van der Waals surface area contributed by atoms with Crippen LogP contribution < -0.4 is 10.2 Å². The molecule has 0 saturated carbocycles. The van der Waals surface area contributed by atoms with E-state index in [4.69, 9.17) is 0 Å². The lowest BCUT2D eigenvalue weighted by molar-refractivity contribution is 0.724. The maximum Gasteiger partial charge on any atom is 0.185 e. The Balaban J connectivity index is 0.000000390. The fourth-order valence-electron chi connectivity index (χ4n) is 1.62. The molecule has 1 aliphatic heterocycles. The molecule has 1 aliphatic rings. The van der Waals surface area contributed by atoms with E-state index < -0.39 is 0 Å². The van der Waals surface area contributed by atoms with Crippen molar-refractivity contribution in [1.29, 1.82) is 0 Å². The van der Waals surface area contributed by atoms with Crippen LogP contribution in [0.1, 0.15) is 6.42 Å². The summed E-state index contributed by atoms with van der Waals surface area (Å²) < 4.78 is 0.947. The second-order valence-electron chi connectivity index (χ2n) is 3.69. The molecular weight excluding hydrogens is 403 g/mol. The number of anilines is 1. The summed E-state index contributed by atoms with van der Waals surface area (Å²) in [5.74, 6) is 0. The molecule has 20 heavy (non-hydrogen) atoms. The molecule has 0 radical (unpaired) electrons. The maximum atomic E-state index is 4.30. The van der Waals surface area contributed by atoms with E-state index in [1.807, 2.05) is 17.0 Å². The minimum Gasteiger partial charge on any atom is -0.347 e. The minimum atomic E-state index is 0. The van der Waals surface area contributed by atoms with Crippen molar-refractivity contribution in [2.45, 2.75) is 6.42 Å². The summed E-state index contributed by atoms with van der Waals surface area (Å²) in [6, 6.07) is 0. The molecule has 0 bridgehead atoms. The van der Waals surface area contributed by atoms with Crippen molar-refractivity contribution in [3.63, 3.8) is 0 Å². The Bertz CT molecular complexity index is 420. The van der Waals surface area contributed by atoms with Crippen molar-refractivity contribution in [3.8, 4) is 0 Å². The van der Waals surface area contributed by atoms with Gasteiger partial charge in [-0.1, -0.05) is 0 Å². The number of aromatic nitrogens is 2. The van der Waals surface area contributed by atoms with E-state index >= 15 is 0 Å². The average molecular weight is 420 g/mol. The lowest BCUT2D eigenvalue weighted by atomic mass is 10.4. The van der Waals surface area contributed by atoms with E-state index in [1.54, 1.807) is 28.9 Å². The molecule has 0 aliphatic carbocycles. The molecule has 0 spiro atoms. The van der Waals surface area contributed by atoms with E-state index in [1.165, 1.54) is 11.6 Å². The van der Waals surface area contributed by atoms with Crippen LogP contribution in [0.3, 0.4) is 0 Å². The zero-order valence-electron chi connectivity index (χ0n) is 10.7. The van der Waals surface area contributed by atoms with E-state index in [9.17, 15) is 0 Å². The van der Waals surface area contributed by atoms with Gasteiger partial charge in [0.15, 0.2) is 9.05 Å². The molecular formula is C11H17BrCl2N4S2. The fraction of sp³-hybridized carbons (Fsp3) is 0.455. The van der Waals surface area contributed by atoms with Crippen molar-refractivity contribution >= 4 is 68.5 Å². The summed E-state index contributed by atoms with van der Waals surface area (Å²) in [5, 5.41) is 8.50. The predicted octanol–water partition coefficient (Wildman–Crippen LogP) is 3.69. The molecule has 0 amide bonds. The van der Waals surface area contributed by atoms with Gasteiger partial charge in [-0.25, -0.2) is 9.97 Å². The van der Waals surface area contributed by atoms with E-state index in [0.717, 1.165) is 30.1 Å². The monoisotopic (exact) mass is 418 g/mol. The van der Waals surface area contributed by atoms with Crippen molar-refractivity contribution in [2.75, 3.05) is 31.1 Å². The first-order valence-electron chi connectivity index (χ1n) is 5.76. The van der Waals surface area contributed by atoms with Crippen molar-refractivity contribution < 1.29 is 0 Å². The Kier molecular flexibility index (Phi) is 11.8. The van der Waals surface area contributed by atoms with Crippen molar-refractivity contribution in [3.05, 3.63) is 27.1 Å². The van der Waals surface area contributed by atoms with E-state index in [2.05, 4.69) is 36.1 Å². The van der Waals surface area contributed by atoms with Gasteiger partial charge in [-0.2, -0.15) is 0 Å². The van der Waals surface area contributed by atoms with Crippen LogP contribution in [0.4, 0.5) is 5.13 Å². The quantitative estimate of drug-likeness (QED) is 0.765. The molecule has 0 aromatic carbocycles. The first-order valence-corrected chi connectivity index (χ1v) is 8.31. The van der Waals surface area contributed by atoms with Gasteiger partial charge < -0.3 is 10.2 Å². The lowest BCUT2D eigenvalue weighted by Crippen LogP contribution is -2.27. The molecule has 2 aromatic heterocycles. The van der Waals surface area contributed by atoms with Crippen molar-refractivity contribution in [2.24, 2.45) is 0 Å². The smallest absolute Gasteiger partial charge is 0.185 e. The van der Waals surface area contributed by atoms with Crippen LogP contribution in [0.25, 0.3) is 0 Å². The lowest BCUT2D eigenvalue weighted by Gasteiger charge is -2.17. The van der Waals surface area contributed by atoms with Gasteiger partial charge in [0.1, 0.15) is 0 Å². The predicted molar refractivity (Wildman–Crippen MR) is 96.1 cm³/mol. The summed E-state index contributed by atoms with van der Waals surface area (Å²) in [6.45, 7) is 4.45. The van der Waals surface area contributed by atoms with E-state index in [-0.39, 0.29) is 24.8 Å². The first-order chi connectivity index (χ1) is 8.86. The third-order valence-corrected chi connectivity index (χ3v) is 4.59. The summed E-state index contributed by atoms with van der Waals surface area (Å²) in [5.41, 5.74) is 0. The Hall–Kier alpha value is 0.0800. The Morgan fingerprint density at radius 2 is 1.80 bits per heavy atom. The molecule has 1 saturated heterocycles. The van der Waals surface area contributed by atoms with Gasteiger partial charge in [0, 0.05) is 42.8 Å². The Morgan fingerprint density at radius 1 is 1.05 bits per heavy atom. The molecule has 1 N–H and O–H groups in total. The van der Waals surface area contributed by atoms with Crippen LogP contribution in [0, 0.1) is 0 Å². The largest absolute Gasteiger partial charge is 0.347 e. The van der Waals surface area contributed by atoms with Crippen LogP contribution >= 0.6 is 63.4 Å². The average Bonchev–Trinajstić information content (AvgIpc) is 3.00. The number of hydrogen-bond donors (Lipinski definition) is 1. The highest BCUT2D eigenvalue weighted by Gasteiger charge is 2.10. The molecule has 0 atom stereocenters. The molecule has 114 valence electrons. The molecule has 1 fully saturated rings. The number of hydrogen-bond acceptors (Lipinski definition) is 6. The highest BCUT2D eigenvalue weighted by Crippen LogP contribution is 2.17. The standard InChI is InChI=1S/C8H13N3S.C3H2BrNS.2ClH/c1-2-9-3-6-11(5-1)8-10-4-7-12-8;4-3-5-1-2-6-3;;/h4,7,9H,1-3,5-6H2;1-2H;2*1H. The molecule has 3 rings (SSSR count). The summed E-state index contributed by atoms with van der Waals surface area (Å²) in [6.07, 6.45) is 4.85. The zero-order valence-corrected chi connectivity index (χ0v) is 15.5. The SMILES string of the molecule is Brc1nccs1.Cl.Cl.c1csc(N2CCCNCC2)n1. The molecule has 3 heterocycles. The molecule has 4 nitrogen and oxygen atoms in total. The van der Waals surface area contributed by atoms with Crippen LogP contribution in [-0.4, -0.2) is 36.1 Å². The van der Waals surface area contributed by atoms with E-state index in [0.29, 0.717) is 0 Å². The third kappa shape index (κ3) is 7.19. The summed E-state index contributed by atoms with van der Waals surface area (Å²) >= 11 is 6.50. The zero-order chi connectivity index (χ0) is 12.6. The highest BCUT2D eigenvalue weighted by atomic mass is 79.9. The van der Waals surface area contributed by atoms with Crippen LogP contribution in [0.2, 0.25) is 0 Å². The normalized spacial score (nSPS) is 14.2. The molecule has 0 unspecified atom stereocenters. The van der Waals surface area contributed by atoms with Gasteiger partial charge in [0.25, 0.3) is 0 Å².